The van der Waals surface area contributed by atoms with Gasteiger partial charge in [-0.1, -0.05) is 0 Å². The smallest absolute Gasteiger partial charge is 1.00 e. The number of rotatable bonds is 3. The van der Waals surface area contributed by atoms with Gasteiger partial charge in [0.25, 0.3) is 0 Å². The van der Waals surface area contributed by atoms with Gasteiger partial charge in [0.2, 0.25) is 0 Å². The van der Waals surface area contributed by atoms with Gasteiger partial charge in [0.1, 0.15) is 0 Å². The zero-order chi connectivity index (χ0) is 20.0. The maximum absolute atomic E-state index is 2.46. The van der Waals surface area contributed by atoms with E-state index in [0.29, 0.717) is 4.22 Å². The summed E-state index contributed by atoms with van der Waals surface area (Å²) in [4.78, 5) is 0. The van der Waals surface area contributed by atoms with Crippen LogP contribution >= 0.6 is 0 Å². The van der Waals surface area contributed by atoms with Crippen LogP contribution in [0.3, 0.4) is 0 Å². The Morgan fingerprint density at radius 3 is 1.90 bits per heavy atom. The Balaban J connectivity index is 0.00000136. The Morgan fingerprint density at radius 2 is 1.39 bits per heavy atom. The summed E-state index contributed by atoms with van der Waals surface area (Å²) in [6, 6.07) is 25.3. The van der Waals surface area contributed by atoms with Crippen molar-refractivity contribution in [2.75, 3.05) is 0 Å². The van der Waals surface area contributed by atoms with Crippen molar-refractivity contribution in [1.29, 1.82) is 0 Å². The number of benzene rings is 3. The summed E-state index contributed by atoms with van der Waals surface area (Å²) >= 11 is -1.83. The molecule has 0 heterocycles. The van der Waals surface area contributed by atoms with Gasteiger partial charge in [-0.15, -0.1) is 0 Å². The van der Waals surface area contributed by atoms with E-state index >= 15 is 0 Å². The topological polar surface area (TPSA) is 0 Å². The standard InChI is InChI=1S/C15H13.C8H8.C5H5.2ClH.Ti/c1-10-3-5-14-12(7-10)9-13-8-11(2)4-6-15(13)14;1-2-8-6-4-3-5-7-8;1-2-4-5-3-1;;;/h3-9H,1-2H3;3-7H,1H3;1-3H,4H2;2*1H;/q;;;;;+2/p-2. The molecule has 0 N–H and O–H groups in total. The average Bonchev–Trinajstić information content (AvgIpc) is 3.36. The van der Waals surface area contributed by atoms with E-state index in [0.717, 1.165) is 6.42 Å². The van der Waals surface area contributed by atoms with Gasteiger partial charge in [-0.3, -0.25) is 0 Å². The van der Waals surface area contributed by atoms with Gasteiger partial charge in [-0.05, 0) is 0 Å². The van der Waals surface area contributed by atoms with Crippen LogP contribution < -0.4 is 24.8 Å². The second-order valence-electron chi connectivity index (χ2n) is 8.34. The maximum Gasteiger partial charge on any atom is -1.00 e. The molecule has 3 aromatic carbocycles. The van der Waals surface area contributed by atoms with E-state index in [1.807, 2.05) is 0 Å². The predicted molar refractivity (Wildman–Crippen MR) is 121 cm³/mol. The van der Waals surface area contributed by atoms with Crippen LogP contribution in [-0.2, 0) is 17.4 Å². The normalized spacial score (nSPS) is 14.2. The number of aryl methyl sites for hydroxylation is 2. The van der Waals surface area contributed by atoms with Crippen molar-refractivity contribution < 1.29 is 42.2 Å². The molecule has 0 radical (unpaired) electrons. The Morgan fingerprint density at radius 1 is 0.806 bits per heavy atom. The summed E-state index contributed by atoms with van der Waals surface area (Å²) < 4.78 is 3.86. The molecule has 0 unspecified atom stereocenters. The first-order chi connectivity index (χ1) is 14.1. The summed E-state index contributed by atoms with van der Waals surface area (Å²) in [5.74, 6) is 0. The summed E-state index contributed by atoms with van der Waals surface area (Å²) in [7, 11) is 0. The van der Waals surface area contributed by atoms with Crippen molar-refractivity contribution in [3.63, 3.8) is 0 Å². The van der Waals surface area contributed by atoms with E-state index in [4.69, 9.17) is 0 Å². The fourth-order valence-corrected chi connectivity index (χ4v) is 10.4. The fraction of sp³-hybridized carbons (Fsp3) is 0.179. The summed E-state index contributed by atoms with van der Waals surface area (Å²) in [6.45, 7) is 6.87. The Hall–Kier alpha value is -1.70. The molecule has 0 amide bonds. The molecule has 3 aromatic rings. The van der Waals surface area contributed by atoms with Crippen molar-refractivity contribution in [2.45, 2.75) is 31.4 Å². The van der Waals surface area contributed by atoms with Crippen LogP contribution in [0, 0.1) is 13.8 Å². The van der Waals surface area contributed by atoms with Crippen LogP contribution in [0.15, 0.2) is 88.8 Å². The maximum atomic E-state index is 2.46. The number of fused-ring (bicyclic) bond motifs is 3. The second kappa shape index (κ2) is 9.84. The van der Waals surface area contributed by atoms with Crippen molar-refractivity contribution in [3.05, 3.63) is 117 Å². The Labute approximate surface area is 204 Å². The zero-order valence-electron chi connectivity index (χ0n) is 18.1. The molecule has 3 heteroatoms. The van der Waals surface area contributed by atoms with E-state index in [1.54, 1.807) is 18.8 Å². The van der Waals surface area contributed by atoms with E-state index in [2.05, 4.69) is 106 Å². The van der Waals surface area contributed by atoms with Crippen LogP contribution in [0.4, 0.5) is 0 Å². The van der Waals surface area contributed by atoms with Crippen LogP contribution in [-0.4, -0.2) is 3.81 Å². The Kier molecular flexibility index (Phi) is 7.61. The molecule has 0 fully saturated rings. The molecule has 0 aliphatic heterocycles. The average molecular weight is 481 g/mol. The second-order valence-corrected chi connectivity index (χ2v) is 12.7. The third-order valence-electron chi connectivity index (χ3n) is 6.34. The van der Waals surface area contributed by atoms with Gasteiger partial charge in [-0.2, -0.15) is 0 Å². The van der Waals surface area contributed by atoms with Gasteiger partial charge in [0.05, 0.1) is 0 Å². The molecule has 2 aliphatic carbocycles. The zero-order valence-corrected chi connectivity index (χ0v) is 21.2. The first kappa shape index (κ1) is 24.0. The Bertz CT molecular complexity index is 1150. The minimum Gasteiger partial charge on any atom is -1.00 e. The number of halogens is 2. The quantitative estimate of drug-likeness (QED) is 0.492. The van der Waals surface area contributed by atoms with Crippen LogP contribution in [0.1, 0.15) is 45.4 Å². The number of hydrogen-bond acceptors (Lipinski definition) is 0. The largest absolute Gasteiger partial charge is 1.00 e. The molecular formula is C28H26Cl2Ti. The van der Waals surface area contributed by atoms with Gasteiger partial charge in [-0.25, -0.2) is 0 Å². The molecule has 0 nitrogen and oxygen atoms in total. The minimum atomic E-state index is -1.83. The third-order valence-corrected chi connectivity index (χ3v) is 11.6. The van der Waals surface area contributed by atoms with Crippen LogP contribution in [0.5, 0.6) is 0 Å². The summed E-state index contributed by atoms with van der Waals surface area (Å²) in [5.41, 5.74) is 10.2. The summed E-state index contributed by atoms with van der Waals surface area (Å²) in [6.07, 6.45) is 8.15. The first-order valence-electron chi connectivity index (χ1n) is 10.5. The van der Waals surface area contributed by atoms with Crippen molar-refractivity contribution in [1.82, 2.24) is 0 Å². The van der Waals surface area contributed by atoms with Crippen LogP contribution in [0.2, 0.25) is 0 Å². The molecule has 0 atom stereocenters. The number of allylic oxidation sites excluding steroid dienone is 4. The summed E-state index contributed by atoms with van der Waals surface area (Å²) in [5, 5.41) is 0. The SMILES string of the molecule is C/[C](c1ccccc1)=[Ti+2](/[C]1=CC=CC1)[CH]1c2cc(C)ccc2-c2ccc(C)cc21.[Cl-].[Cl-]. The van der Waals surface area contributed by atoms with Crippen molar-refractivity contribution >= 4 is 3.81 Å². The molecule has 2 aliphatic rings. The van der Waals surface area contributed by atoms with E-state index in [1.165, 1.54) is 27.8 Å². The minimum absolute atomic E-state index is 0. The van der Waals surface area contributed by atoms with E-state index in [9.17, 15) is 0 Å². The van der Waals surface area contributed by atoms with Gasteiger partial charge >= 0.3 is 180 Å². The van der Waals surface area contributed by atoms with Gasteiger partial charge < -0.3 is 24.8 Å². The number of hydrogen-bond donors (Lipinski definition) is 0. The van der Waals surface area contributed by atoms with Gasteiger partial charge in [0, 0.05) is 0 Å². The fourth-order valence-electron chi connectivity index (χ4n) is 4.94. The molecule has 0 aromatic heterocycles. The molecule has 0 spiro atoms. The third kappa shape index (κ3) is 4.32. The molecule has 0 saturated carbocycles. The van der Waals surface area contributed by atoms with Crippen LogP contribution in [0.25, 0.3) is 11.1 Å². The molecule has 5 rings (SSSR count). The monoisotopic (exact) mass is 480 g/mol. The predicted octanol–water partition coefficient (Wildman–Crippen LogP) is 1.08. The molecule has 31 heavy (non-hydrogen) atoms. The van der Waals surface area contributed by atoms with Crippen molar-refractivity contribution in [3.8, 4) is 11.1 Å². The molecule has 156 valence electrons. The molecule has 0 saturated heterocycles. The first-order valence-corrected chi connectivity index (χ1v) is 12.9. The van der Waals surface area contributed by atoms with Crippen molar-refractivity contribution in [2.24, 2.45) is 0 Å². The molecule has 0 bridgehead atoms. The van der Waals surface area contributed by atoms with E-state index in [-0.39, 0.29) is 24.8 Å². The molecular weight excluding hydrogens is 455 g/mol. The van der Waals surface area contributed by atoms with Gasteiger partial charge in [0.15, 0.2) is 0 Å². The van der Waals surface area contributed by atoms with E-state index < -0.39 is 17.4 Å².